The molecule has 1 aliphatic rings. The van der Waals surface area contributed by atoms with Gasteiger partial charge in [0.2, 0.25) is 0 Å². The van der Waals surface area contributed by atoms with Crippen molar-refractivity contribution in [3.8, 4) is 5.75 Å². The highest BCUT2D eigenvalue weighted by molar-refractivity contribution is 5.69. The highest BCUT2D eigenvalue weighted by Gasteiger charge is 2.19. The zero-order valence-corrected chi connectivity index (χ0v) is 12.3. The van der Waals surface area contributed by atoms with E-state index in [1.165, 1.54) is 12.7 Å². The van der Waals surface area contributed by atoms with E-state index in [4.69, 9.17) is 4.74 Å². The standard InChI is InChI=1S/C16H23NO3/c1-17(12-10-16(18)19-2)11-9-14-8-7-13-5-3-4-6-15(13)20-14/h3-6,14H,7-12H2,1-2H3. The first-order chi connectivity index (χ1) is 9.69. The molecule has 0 saturated heterocycles. The normalized spacial score (nSPS) is 17.4. The quantitative estimate of drug-likeness (QED) is 0.748. The maximum absolute atomic E-state index is 11.1. The molecule has 1 unspecified atom stereocenters. The smallest absolute Gasteiger partial charge is 0.306 e. The van der Waals surface area contributed by atoms with Crippen molar-refractivity contribution in [1.29, 1.82) is 0 Å². The molecular weight excluding hydrogens is 254 g/mol. The van der Waals surface area contributed by atoms with E-state index in [-0.39, 0.29) is 12.1 Å². The van der Waals surface area contributed by atoms with Crippen LogP contribution in [0.2, 0.25) is 0 Å². The minimum Gasteiger partial charge on any atom is -0.490 e. The summed E-state index contributed by atoms with van der Waals surface area (Å²) in [6.45, 7) is 1.67. The molecule has 4 nitrogen and oxygen atoms in total. The van der Waals surface area contributed by atoms with Gasteiger partial charge in [-0.05, 0) is 37.9 Å². The van der Waals surface area contributed by atoms with Gasteiger partial charge in [-0.1, -0.05) is 18.2 Å². The fourth-order valence-corrected chi connectivity index (χ4v) is 2.44. The van der Waals surface area contributed by atoms with Gasteiger partial charge < -0.3 is 14.4 Å². The van der Waals surface area contributed by atoms with Crippen LogP contribution in [0, 0.1) is 0 Å². The highest BCUT2D eigenvalue weighted by Crippen LogP contribution is 2.28. The summed E-state index contributed by atoms with van der Waals surface area (Å²) in [6.07, 6.45) is 3.88. The van der Waals surface area contributed by atoms with E-state index in [0.717, 1.165) is 38.1 Å². The molecule has 0 saturated carbocycles. The minimum absolute atomic E-state index is 0.153. The lowest BCUT2D eigenvalue weighted by Crippen LogP contribution is -2.30. The summed E-state index contributed by atoms with van der Waals surface area (Å²) in [5.74, 6) is 0.876. The molecule has 1 atom stereocenters. The minimum atomic E-state index is -0.153. The number of para-hydroxylation sites is 1. The van der Waals surface area contributed by atoms with Gasteiger partial charge in [0.1, 0.15) is 11.9 Å². The van der Waals surface area contributed by atoms with Crippen LogP contribution in [0.1, 0.15) is 24.8 Å². The summed E-state index contributed by atoms with van der Waals surface area (Å²) in [5, 5.41) is 0. The molecule has 0 fully saturated rings. The number of hydrogen-bond acceptors (Lipinski definition) is 4. The molecule has 0 radical (unpaired) electrons. The van der Waals surface area contributed by atoms with E-state index in [1.54, 1.807) is 0 Å². The first-order valence-corrected chi connectivity index (χ1v) is 7.19. The van der Waals surface area contributed by atoms with Gasteiger partial charge in [-0.3, -0.25) is 4.79 Å². The maximum Gasteiger partial charge on any atom is 0.306 e. The molecule has 0 N–H and O–H groups in total. The molecule has 20 heavy (non-hydrogen) atoms. The number of aryl methyl sites for hydroxylation is 1. The average Bonchev–Trinajstić information content (AvgIpc) is 2.50. The Morgan fingerprint density at radius 3 is 3.00 bits per heavy atom. The number of methoxy groups -OCH3 is 1. The molecule has 0 bridgehead atoms. The first kappa shape index (κ1) is 14.9. The van der Waals surface area contributed by atoms with Crippen LogP contribution in [-0.2, 0) is 16.0 Å². The van der Waals surface area contributed by atoms with Gasteiger partial charge >= 0.3 is 5.97 Å². The summed E-state index contributed by atoms with van der Waals surface area (Å²) < 4.78 is 10.7. The Morgan fingerprint density at radius 2 is 2.20 bits per heavy atom. The predicted octanol–water partition coefficient (Wildman–Crippen LogP) is 2.27. The number of fused-ring (bicyclic) bond motifs is 1. The van der Waals surface area contributed by atoms with Crippen molar-refractivity contribution in [3.63, 3.8) is 0 Å². The number of benzene rings is 1. The zero-order chi connectivity index (χ0) is 14.4. The molecule has 110 valence electrons. The number of carbonyl (C=O) groups is 1. The Morgan fingerprint density at radius 1 is 1.40 bits per heavy atom. The van der Waals surface area contributed by atoms with Crippen molar-refractivity contribution in [3.05, 3.63) is 29.8 Å². The van der Waals surface area contributed by atoms with Crippen LogP contribution in [0.15, 0.2) is 24.3 Å². The van der Waals surface area contributed by atoms with Crippen LogP contribution < -0.4 is 4.74 Å². The molecule has 2 rings (SSSR count). The fraction of sp³-hybridized carbons (Fsp3) is 0.562. The van der Waals surface area contributed by atoms with E-state index in [1.807, 2.05) is 19.2 Å². The van der Waals surface area contributed by atoms with E-state index < -0.39 is 0 Å². The van der Waals surface area contributed by atoms with Crippen LogP contribution in [0.5, 0.6) is 5.75 Å². The van der Waals surface area contributed by atoms with Gasteiger partial charge in [-0.15, -0.1) is 0 Å². The molecule has 1 aromatic carbocycles. The topological polar surface area (TPSA) is 38.8 Å². The van der Waals surface area contributed by atoms with Crippen LogP contribution in [0.25, 0.3) is 0 Å². The summed E-state index contributed by atoms with van der Waals surface area (Å²) in [4.78, 5) is 13.2. The number of hydrogen-bond donors (Lipinski definition) is 0. The Hall–Kier alpha value is -1.55. The van der Waals surface area contributed by atoms with Crippen molar-refractivity contribution in [1.82, 2.24) is 4.90 Å². The molecular formula is C16H23NO3. The van der Waals surface area contributed by atoms with Gasteiger partial charge in [0.25, 0.3) is 0 Å². The van der Waals surface area contributed by atoms with Gasteiger partial charge in [0.05, 0.1) is 13.5 Å². The number of ether oxygens (including phenoxy) is 2. The second-order valence-electron chi connectivity index (χ2n) is 5.30. The van der Waals surface area contributed by atoms with E-state index >= 15 is 0 Å². The van der Waals surface area contributed by atoms with E-state index in [0.29, 0.717) is 6.42 Å². The van der Waals surface area contributed by atoms with Crippen molar-refractivity contribution in [2.75, 3.05) is 27.2 Å². The Labute approximate surface area is 120 Å². The highest BCUT2D eigenvalue weighted by atomic mass is 16.5. The monoisotopic (exact) mass is 277 g/mol. The Balaban J connectivity index is 1.72. The largest absolute Gasteiger partial charge is 0.490 e. The van der Waals surface area contributed by atoms with E-state index in [9.17, 15) is 4.79 Å². The number of rotatable bonds is 6. The summed E-state index contributed by atoms with van der Waals surface area (Å²) in [5.41, 5.74) is 1.31. The Kier molecular flexibility index (Phi) is 5.41. The van der Waals surface area contributed by atoms with Gasteiger partial charge in [0.15, 0.2) is 0 Å². The maximum atomic E-state index is 11.1. The molecule has 0 aromatic heterocycles. The zero-order valence-electron chi connectivity index (χ0n) is 12.3. The van der Waals surface area contributed by atoms with Gasteiger partial charge in [-0.2, -0.15) is 0 Å². The average molecular weight is 277 g/mol. The number of esters is 1. The summed E-state index contributed by atoms with van der Waals surface area (Å²) in [6, 6.07) is 8.25. The third-order valence-corrected chi connectivity index (χ3v) is 3.76. The predicted molar refractivity (Wildman–Crippen MR) is 77.9 cm³/mol. The molecule has 0 aliphatic carbocycles. The third kappa shape index (κ3) is 4.23. The van der Waals surface area contributed by atoms with Gasteiger partial charge in [0, 0.05) is 13.1 Å². The fourth-order valence-electron chi connectivity index (χ4n) is 2.44. The molecule has 0 spiro atoms. The van der Waals surface area contributed by atoms with Crippen molar-refractivity contribution in [2.24, 2.45) is 0 Å². The lowest BCUT2D eigenvalue weighted by atomic mass is 10.0. The number of carbonyl (C=O) groups excluding carboxylic acids is 1. The Bertz CT molecular complexity index is 447. The van der Waals surface area contributed by atoms with Gasteiger partial charge in [-0.25, -0.2) is 0 Å². The molecule has 4 heteroatoms. The van der Waals surface area contributed by atoms with Crippen LogP contribution >= 0.6 is 0 Å². The molecule has 0 amide bonds. The SMILES string of the molecule is COC(=O)CCN(C)CCC1CCc2ccccc2O1. The summed E-state index contributed by atoms with van der Waals surface area (Å²) >= 11 is 0. The first-order valence-electron chi connectivity index (χ1n) is 7.19. The molecule has 1 heterocycles. The van der Waals surface area contributed by atoms with Crippen molar-refractivity contribution >= 4 is 5.97 Å². The second-order valence-corrected chi connectivity index (χ2v) is 5.30. The van der Waals surface area contributed by atoms with Crippen LogP contribution in [0.4, 0.5) is 0 Å². The third-order valence-electron chi connectivity index (χ3n) is 3.76. The van der Waals surface area contributed by atoms with Crippen LogP contribution in [-0.4, -0.2) is 44.2 Å². The van der Waals surface area contributed by atoms with E-state index in [2.05, 4.69) is 21.8 Å². The lowest BCUT2D eigenvalue weighted by Gasteiger charge is -2.27. The summed E-state index contributed by atoms with van der Waals surface area (Å²) in [7, 11) is 3.45. The number of nitrogens with zero attached hydrogens (tertiary/aromatic N) is 1. The van der Waals surface area contributed by atoms with Crippen molar-refractivity contribution < 1.29 is 14.3 Å². The lowest BCUT2D eigenvalue weighted by molar-refractivity contribution is -0.140. The van der Waals surface area contributed by atoms with Crippen molar-refractivity contribution in [2.45, 2.75) is 31.8 Å². The second kappa shape index (κ2) is 7.29. The molecule has 1 aromatic rings. The molecule has 1 aliphatic heterocycles. The van der Waals surface area contributed by atoms with Crippen LogP contribution in [0.3, 0.4) is 0 Å².